The lowest BCUT2D eigenvalue weighted by atomic mass is 9.97. The molecular formula is C8H15NO2. The molecule has 2 saturated heterocycles. The van der Waals surface area contributed by atoms with E-state index < -0.39 is 0 Å². The van der Waals surface area contributed by atoms with Crippen LogP contribution in [0.15, 0.2) is 0 Å². The van der Waals surface area contributed by atoms with Gasteiger partial charge in [-0.2, -0.15) is 0 Å². The van der Waals surface area contributed by atoms with Crippen LogP contribution in [0.3, 0.4) is 0 Å². The lowest BCUT2D eigenvalue weighted by Gasteiger charge is -2.49. The van der Waals surface area contributed by atoms with Gasteiger partial charge in [0.15, 0.2) is 0 Å². The van der Waals surface area contributed by atoms with Gasteiger partial charge in [0.2, 0.25) is 0 Å². The third-order valence-electron chi connectivity index (χ3n) is 2.70. The zero-order valence-electron chi connectivity index (χ0n) is 6.70. The Morgan fingerprint density at radius 3 is 3.00 bits per heavy atom. The van der Waals surface area contributed by atoms with Crippen molar-refractivity contribution in [3.63, 3.8) is 0 Å². The molecule has 2 aliphatic rings. The fourth-order valence-electron chi connectivity index (χ4n) is 1.95. The summed E-state index contributed by atoms with van der Waals surface area (Å²) in [4.78, 5) is 2.36. The fraction of sp³-hybridized carbons (Fsp3) is 1.00. The Labute approximate surface area is 66.9 Å². The highest BCUT2D eigenvalue weighted by Gasteiger charge is 2.36. The molecule has 0 radical (unpaired) electrons. The molecular weight excluding hydrogens is 142 g/mol. The molecule has 0 amide bonds. The number of nitrogens with zero attached hydrogens (tertiary/aromatic N) is 1. The predicted octanol–water partition coefficient (Wildman–Crippen LogP) is 0.189. The number of fused-ring (bicyclic) bond motifs is 1. The highest BCUT2D eigenvalue weighted by Crippen LogP contribution is 2.29. The van der Waals surface area contributed by atoms with Gasteiger partial charge in [-0.3, -0.25) is 4.90 Å². The van der Waals surface area contributed by atoms with Gasteiger partial charge in [0.05, 0.1) is 6.61 Å². The van der Waals surface area contributed by atoms with Gasteiger partial charge in [-0.1, -0.05) is 0 Å². The topological polar surface area (TPSA) is 32.7 Å². The van der Waals surface area contributed by atoms with E-state index in [0.717, 1.165) is 25.6 Å². The molecule has 0 bridgehead atoms. The highest BCUT2D eigenvalue weighted by atomic mass is 16.5. The lowest BCUT2D eigenvalue weighted by Crippen LogP contribution is -2.57. The second kappa shape index (κ2) is 3.09. The second-order valence-corrected chi connectivity index (χ2v) is 3.31. The first-order valence-corrected chi connectivity index (χ1v) is 4.40. The monoisotopic (exact) mass is 157 g/mol. The molecule has 0 aromatic heterocycles. The van der Waals surface area contributed by atoms with Crippen LogP contribution in [0.1, 0.15) is 19.3 Å². The molecule has 2 fully saturated rings. The molecule has 0 aromatic rings. The summed E-state index contributed by atoms with van der Waals surface area (Å²) in [6, 6.07) is 0.764. The summed E-state index contributed by atoms with van der Waals surface area (Å²) in [5, 5.41) is 8.74. The number of aliphatic hydroxyl groups excluding tert-OH is 1. The van der Waals surface area contributed by atoms with E-state index in [4.69, 9.17) is 9.84 Å². The van der Waals surface area contributed by atoms with Gasteiger partial charge in [0.25, 0.3) is 0 Å². The minimum Gasteiger partial charge on any atom is -0.396 e. The van der Waals surface area contributed by atoms with Gasteiger partial charge in [-0.25, -0.2) is 0 Å². The van der Waals surface area contributed by atoms with Crippen LogP contribution < -0.4 is 0 Å². The Morgan fingerprint density at radius 1 is 1.45 bits per heavy atom. The van der Waals surface area contributed by atoms with Crippen LogP contribution in [-0.4, -0.2) is 42.0 Å². The van der Waals surface area contributed by atoms with Crippen LogP contribution in [0.4, 0.5) is 0 Å². The fourth-order valence-corrected chi connectivity index (χ4v) is 1.95. The van der Waals surface area contributed by atoms with Gasteiger partial charge < -0.3 is 9.84 Å². The maximum atomic E-state index is 8.74. The molecule has 3 heteroatoms. The van der Waals surface area contributed by atoms with E-state index in [0.29, 0.717) is 0 Å². The highest BCUT2D eigenvalue weighted by molar-refractivity contribution is 4.87. The normalized spacial score (nSPS) is 37.9. The van der Waals surface area contributed by atoms with Crippen molar-refractivity contribution >= 4 is 0 Å². The van der Waals surface area contributed by atoms with Crippen molar-refractivity contribution in [2.24, 2.45) is 0 Å². The Morgan fingerprint density at radius 2 is 2.36 bits per heavy atom. The van der Waals surface area contributed by atoms with E-state index in [1.807, 2.05) is 0 Å². The molecule has 0 spiro atoms. The van der Waals surface area contributed by atoms with Crippen LogP contribution in [0.5, 0.6) is 0 Å². The third kappa shape index (κ3) is 1.28. The smallest absolute Gasteiger partial charge is 0.113 e. The first kappa shape index (κ1) is 7.53. The summed E-state index contributed by atoms with van der Waals surface area (Å²) >= 11 is 0. The minimum atomic E-state index is 0.215. The molecule has 0 aliphatic carbocycles. The molecule has 1 N–H and O–H groups in total. The minimum absolute atomic E-state index is 0.215. The van der Waals surface area contributed by atoms with Crippen molar-refractivity contribution in [3.05, 3.63) is 0 Å². The van der Waals surface area contributed by atoms with E-state index in [-0.39, 0.29) is 12.8 Å². The number of aliphatic hydroxyl groups is 1. The maximum absolute atomic E-state index is 8.74. The van der Waals surface area contributed by atoms with Crippen molar-refractivity contribution in [2.45, 2.75) is 31.5 Å². The Hall–Kier alpha value is -0.120. The molecule has 64 valence electrons. The quantitative estimate of drug-likeness (QED) is 0.621. The molecule has 2 rings (SSSR count). The van der Waals surface area contributed by atoms with Crippen LogP contribution in [0.2, 0.25) is 0 Å². The molecule has 2 unspecified atom stereocenters. The van der Waals surface area contributed by atoms with Gasteiger partial charge in [-0.15, -0.1) is 0 Å². The zero-order chi connectivity index (χ0) is 7.68. The van der Waals surface area contributed by atoms with Crippen LogP contribution >= 0.6 is 0 Å². The summed E-state index contributed by atoms with van der Waals surface area (Å²) in [6.45, 7) is 2.29. The second-order valence-electron chi connectivity index (χ2n) is 3.31. The SMILES string of the molecule is OCCC1OCCC2CCN21. The van der Waals surface area contributed by atoms with Crippen molar-refractivity contribution in [2.75, 3.05) is 19.8 Å². The molecule has 0 aromatic carbocycles. The summed E-state index contributed by atoms with van der Waals surface area (Å²) in [7, 11) is 0. The van der Waals surface area contributed by atoms with Crippen molar-refractivity contribution in [1.29, 1.82) is 0 Å². The number of rotatable bonds is 2. The standard InChI is InChI=1S/C8H15NO2/c10-5-2-8-9-4-1-7(9)3-6-11-8/h7-8,10H,1-6H2. The molecule has 3 nitrogen and oxygen atoms in total. The Kier molecular flexibility index (Phi) is 2.11. The maximum Gasteiger partial charge on any atom is 0.113 e. The number of hydrogen-bond donors (Lipinski definition) is 1. The van der Waals surface area contributed by atoms with E-state index in [1.165, 1.54) is 12.8 Å². The van der Waals surface area contributed by atoms with Gasteiger partial charge in [-0.05, 0) is 12.8 Å². The number of ether oxygens (including phenoxy) is 1. The predicted molar refractivity (Wildman–Crippen MR) is 41.2 cm³/mol. The molecule has 2 aliphatic heterocycles. The summed E-state index contributed by atoms with van der Waals surface area (Å²) in [5.41, 5.74) is 0. The van der Waals surface area contributed by atoms with E-state index in [1.54, 1.807) is 0 Å². The Bertz CT molecular complexity index is 138. The summed E-state index contributed by atoms with van der Waals surface area (Å²) < 4.78 is 5.52. The Balaban J connectivity index is 1.87. The van der Waals surface area contributed by atoms with Crippen LogP contribution in [0.25, 0.3) is 0 Å². The van der Waals surface area contributed by atoms with E-state index in [2.05, 4.69) is 4.90 Å². The van der Waals surface area contributed by atoms with Gasteiger partial charge in [0, 0.05) is 25.6 Å². The lowest BCUT2D eigenvalue weighted by molar-refractivity contribution is -0.166. The van der Waals surface area contributed by atoms with Crippen LogP contribution in [0, 0.1) is 0 Å². The van der Waals surface area contributed by atoms with Crippen LogP contribution in [-0.2, 0) is 4.74 Å². The zero-order valence-corrected chi connectivity index (χ0v) is 6.70. The first-order valence-electron chi connectivity index (χ1n) is 4.40. The van der Waals surface area contributed by atoms with Crippen molar-refractivity contribution in [1.82, 2.24) is 4.90 Å². The molecule has 11 heavy (non-hydrogen) atoms. The van der Waals surface area contributed by atoms with Crippen molar-refractivity contribution in [3.8, 4) is 0 Å². The molecule has 2 heterocycles. The number of hydrogen-bond acceptors (Lipinski definition) is 3. The molecule has 0 saturated carbocycles. The largest absolute Gasteiger partial charge is 0.396 e. The summed E-state index contributed by atoms with van der Waals surface area (Å²) in [6.07, 6.45) is 3.50. The van der Waals surface area contributed by atoms with Gasteiger partial charge in [0.1, 0.15) is 6.23 Å². The first-order chi connectivity index (χ1) is 5.42. The van der Waals surface area contributed by atoms with Gasteiger partial charge >= 0.3 is 0 Å². The van der Waals surface area contributed by atoms with E-state index >= 15 is 0 Å². The summed E-state index contributed by atoms with van der Waals surface area (Å²) in [5.74, 6) is 0. The third-order valence-corrected chi connectivity index (χ3v) is 2.70. The van der Waals surface area contributed by atoms with Crippen molar-refractivity contribution < 1.29 is 9.84 Å². The average molecular weight is 157 g/mol. The molecule has 2 atom stereocenters. The van der Waals surface area contributed by atoms with E-state index in [9.17, 15) is 0 Å². The average Bonchev–Trinajstić information content (AvgIpc) is 1.94.